The number of rotatable bonds is 5. The maximum Gasteiger partial charge on any atom is 0.326 e. The SMILES string of the molecule is CCOC(=O)CN(C(=O)CCl)c1ccccc1Cl. The molecule has 0 saturated carbocycles. The molecule has 0 atom stereocenters. The van der Waals surface area contributed by atoms with Crippen LogP contribution in [-0.4, -0.2) is 30.9 Å². The quantitative estimate of drug-likeness (QED) is 0.618. The van der Waals surface area contributed by atoms with E-state index in [1.165, 1.54) is 4.90 Å². The normalized spacial score (nSPS) is 9.94. The van der Waals surface area contributed by atoms with Crippen molar-refractivity contribution in [2.75, 3.05) is 23.9 Å². The maximum absolute atomic E-state index is 11.7. The van der Waals surface area contributed by atoms with Crippen LogP contribution in [0.4, 0.5) is 5.69 Å². The molecule has 18 heavy (non-hydrogen) atoms. The van der Waals surface area contributed by atoms with Gasteiger partial charge in [-0.2, -0.15) is 0 Å². The second kappa shape index (κ2) is 7.24. The zero-order valence-electron chi connectivity index (χ0n) is 9.86. The van der Waals surface area contributed by atoms with Gasteiger partial charge < -0.3 is 4.74 Å². The number of hydrogen-bond donors (Lipinski definition) is 0. The third kappa shape index (κ3) is 3.89. The van der Waals surface area contributed by atoms with Crippen molar-refractivity contribution in [3.8, 4) is 0 Å². The van der Waals surface area contributed by atoms with Crippen LogP contribution < -0.4 is 4.90 Å². The van der Waals surface area contributed by atoms with Gasteiger partial charge in [0.2, 0.25) is 5.91 Å². The van der Waals surface area contributed by atoms with Crippen molar-refractivity contribution < 1.29 is 14.3 Å². The molecule has 0 radical (unpaired) electrons. The third-order valence-corrected chi connectivity index (χ3v) is 2.70. The molecule has 0 unspecified atom stereocenters. The molecule has 4 nitrogen and oxygen atoms in total. The Morgan fingerprint density at radius 2 is 2.00 bits per heavy atom. The number of halogens is 2. The van der Waals surface area contributed by atoms with Crippen molar-refractivity contribution in [2.24, 2.45) is 0 Å². The number of ether oxygens (including phenoxy) is 1. The van der Waals surface area contributed by atoms with Gasteiger partial charge >= 0.3 is 5.97 Å². The van der Waals surface area contributed by atoms with Gasteiger partial charge in [0, 0.05) is 0 Å². The second-order valence-corrected chi connectivity index (χ2v) is 4.04. The molecule has 0 saturated heterocycles. The maximum atomic E-state index is 11.7. The number of anilines is 1. The van der Waals surface area contributed by atoms with Gasteiger partial charge in [0.1, 0.15) is 12.4 Å². The molecule has 1 rings (SSSR count). The Bertz CT molecular complexity index is 437. The zero-order valence-corrected chi connectivity index (χ0v) is 11.4. The molecule has 0 heterocycles. The standard InChI is InChI=1S/C12H13Cl2NO3/c1-2-18-12(17)8-15(11(16)7-13)10-6-4-3-5-9(10)14/h3-6H,2,7-8H2,1H3. The molecule has 0 aromatic heterocycles. The Hall–Kier alpha value is -1.26. The summed E-state index contributed by atoms with van der Waals surface area (Å²) >= 11 is 11.5. The zero-order chi connectivity index (χ0) is 13.5. The van der Waals surface area contributed by atoms with E-state index in [-0.39, 0.29) is 19.0 Å². The molecular weight excluding hydrogens is 277 g/mol. The molecular formula is C12H13Cl2NO3. The smallest absolute Gasteiger partial charge is 0.326 e. The van der Waals surface area contributed by atoms with Crippen molar-refractivity contribution >= 4 is 40.8 Å². The van der Waals surface area contributed by atoms with Crippen molar-refractivity contribution in [2.45, 2.75) is 6.92 Å². The lowest BCUT2D eigenvalue weighted by molar-refractivity contribution is -0.142. The second-order valence-electron chi connectivity index (χ2n) is 3.37. The van der Waals surface area contributed by atoms with Gasteiger partial charge in [-0.15, -0.1) is 11.6 Å². The van der Waals surface area contributed by atoms with Gasteiger partial charge in [0.25, 0.3) is 0 Å². The summed E-state index contributed by atoms with van der Waals surface area (Å²) in [5.41, 5.74) is 0.442. The van der Waals surface area contributed by atoms with Gasteiger partial charge in [-0.25, -0.2) is 0 Å². The van der Waals surface area contributed by atoms with Crippen LogP contribution in [0.25, 0.3) is 0 Å². The van der Waals surface area contributed by atoms with Gasteiger partial charge in [0.05, 0.1) is 17.3 Å². The number of benzene rings is 1. The van der Waals surface area contributed by atoms with Crippen LogP contribution in [0.1, 0.15) is 6.92 Å². The average molecular weight is 290 g/mol. The fourth-order valence-corrected chi connectivity index (χ4v) is 1.77. The largest absolute Gasteiger partial charge is 0.465 e. The van der Waals surface area contributed by atoms with Crippen LogP contribution in [-0.2, 0) is 14.3 Å². The molecule has 1 amide bonds. The Balaban J connectivity index is 2.96. The minimum absolute atomic E-state index is 0.205. The number of esters is 1. The Labute approximate surface area is 115 Å². The third-order valence-electron chi connectivity index (χ3n) is 2.15. The summed E-state index contributed by atoms with van der Waals surface area (Å²) in [5.74, 6) is -1.14. The minimum atomic E-state index is -0.504. The first-order valence-electron chi connectivity index (χ1n) is 5.36. The lowest BCUT2D eigenvalue weighted by atomic mass is 10.3. The van der Waals surface area contributed by atoms with Crippen LogP contribution in [0.2, 0.25) is 5.02 Å². The van der Waals surface area contributed by atoms with Crippen LogP contribution in [0.15, 0.2) is 24.3 Å². The monoisotopic (exact) mass is 289 g/mol. The van der Waals surface area contributed by atoms with Gasteiger partial charge in [-0.1, -0.05) is 23.7 Å². The number of carbonyl (C=O) groups is 2. The lowest BCUT2D eigenvalue weighted by Gasteiger charge is -2.21. The summed E-state index contributed by atoms with van der Waals surface area (Å²) < 4.78 is 4.81. The van der Waals surface area contributed by atoms with E-state index in [0.717, 1.165) is 0 Å². The molecule has 0 aliphatic rings. The van der Waals surface area contributed by atoms with E-state index in [0.29, 0.717) is 10.7 Å². The number of nitrogens with zero attached hydrogens (tertiary/aromatic N) is 1. The average Bonchev–Trinajstić information content (AvgIpc) is 2.36. The molecule has 1 aromatic carbocycles. The van der Waals surface area contributed by atoms with Crippen LogP contribution >= 0.6 is 23.2 Å². The van der Waals surface area contributed by atoms with E-state index in [2.05, 4.69) is 0 Å². The highest BCUT2D eigenvalue weighted by molar-refractivity contribution is 6.35. The molecule has 0 bridgehead atoms. The van der Waals surface area contributed by atoms with Gasteiger partial charge in [0.15, 0.2) is 0 Å². The Kier molecular flexibility index (Phi) is 5.95. The fourth-order valence-electron chi connectivity index (χ4n) is 1.39. The van der Waals surface area contributed by atoms with Gasteiger partial charge in [-0.3, -0.25) is 14.5 Å². The van der Waals surface area contributed by atoms with E-state index in [1.54, 1.807) is 31.2 Å². The van der Waals surface area contributed by atoms with Crippen LogP contribution in [0.3, 0.4) is 0 Å². The fraction of sp³-hybridized carbons (Fsp3) is 0.333. The van der Waals surface area contributed by atoms with E-state index >= 15 is 0 Å². The van der Waals surface area contributed by atoms with Crippen molar-refractivity contribution in [3.05, 3.63) is 29.3 Å². The van der Waals surface area contributed by atoms with Crippen molar-refractivity contribution in [1.29, 1.82) is 0 Å². The van der Waals surface area contributed by atoms with Crippen molar-refractivity contribution in [1.82, 2.24) is 0 Å². The molecule has 0 aliphatic heterocycles. The first-order chi connectivity index (χ1) is 8.60. The van der Waals surface area contributed by atoms with E-state index < -0.39 is 11.9 Å². The lowest BCUT2D eigenvalue weighted by Crippen LogP contribution is -2.37. The predicted molar refractivity (Wildman–Crippen MR) is 71.2 cm³/mol. The topological polar surface area (TPSA) is 46.6 Å². The molecule has 98 valence electrons. The number of hydrogen-bond acceptors (Lipinski definition) is 3. The summed E-state index contributed by atoms with van der Waals surface area (Å²) in [6, 6.07) is 6.74. The predicted octanol–water partition coefficient (Wildman–Crippen LogP) is 2.47. The molecule has 0 fully saturated rings. The van der Waals surface area contributed by atoms with Gasteiger partial charge in [-0.05, 0) is 19.1 Å². The summed E-state index contributed by atoms with van der Waals surface area (Å²) in [4.78, 5) is 24.4. The number of para-hydroxylation sites is 1. The highest BCUT2D eigenvalue weighted by Gasteiger charge is 2.20. The highest BCUT2D eigenvalue weighted by atomic mass is 35.5. The summed E-state index contributed by atoms with van der Waals surface area (Å²) in [5, 5.41) is 0.375. The molecule has 0 N–H and O–H groups in total. The van der Waals surface area contributed by atoms with E-state index in [1.807, 2.05) is 0 Å². The summed E-state index contributed by atoms with van der Waals surface area (Å²) in [7, 11) is 0. The van der Waals surface area contributed by atoms with Crippen molar-refractivity contribution in [3.63, 3.8) is 0 Å². The number of carbonyl (C=O) groups excluding carboxylic acids is 2. The highest BCUT2D eigenvalue weighted by Crippen LogP contribution is 2.25. The first-order valence-corrected chi connectivity index (χ1v) is 6.27. The minimum Gasteiger partial charge on any atom is -0.465 e. The van der Waals surface area contributed by atoms with E-state index in [4.69, 9.17) is 27.9 Å². The summed E-state index contributed by atoms with van der Waals surface area (Å²) in [6.07, 6.45) is 0. The van der Waals surface area contributed by atoms with E-state index in [9.17, 15) is 9.59 Å². The van der Waals surface area contributed by atoms with Crippen LogP contribution in [0.5, 0.6) is 0 Å². The number of amides is 1. The van der Waals surface area contributed by atoms with Crippen LogP contribution in [0, 0.1) is 0 Å². The molecule has 0 aliphatic carbocycles. The Morgan fingerprint density at radius 1 is 1.33 bits per heavy atom. The Morgan fingerprint density at radius 3 is 2.56 bits per heavy atom. The molecule has 6 heteroatoms. The first kappa shape index (κ1) is 14.8. The number of alkyl halides is 1. The summed E-state index contributed by atoms with van der Waals surface area (Å²) in [6.45, 7) is 1.74. The molecule has 1 aromatic rings. The molecule has 0 spiro atoms.